The Hall–Kier alpha value is -4.40. The first-order chi connectivity index (χ1) is 19.3. The van der Waals surface area contributed by atoms with E-state index in [1.807, 2.05) is 25.1 Å². The van der Waals surface area contributed by atoms with Gasteiger partial charge in [0.25, 0.3) is 11.8 Å². The number of aromatic nitrogens is 1. The lowest BCUT2D eigenvalue weighted by Crippen LogP contribution is -2.30. The van der Waals surface area contributed by atoms with Crippen LogP contribution in [-0.4, -0.2) is 28.0 Å². The van der Waals surface area contributed by atoms with Gasteiger partial charge in [0.05, 0.1) is 5.25 Å². The standard InChI is InChI=1S/C31H27ClN4O3S/c1-20-13-14-24(32)17-27(20)35-29(37)21(2)40-26-12-6-11-25(18-26)34-31(39)28(16-22-8-7-15-33-19-22)36-30(38)23-9-4-3-5-10-23/h3-19,21H,1-2H3,(H,34,39)(H,35,37)(H,36,38)/b28-16-. The Bertz CT molecular complexity index is 1540. The van der Waals surface area contributed by atoms with Crippen molar-refractivity contribution in [2.75, 3.05) is 10.6 Å². The summed E-state index contributed by atoms with van der Waals surface area (Å²) in [6.07, 6.45) is 4.78. The highest BCUT2D eigenvalue weighted by atomic mass is 35.5. The molecule has 0 saturated carbocycles. The minimum atomic E-state index is -0.502. The van der Waals surface area contributed by atoms with Gasteiger partial charge >= 0.3 is 0 Å². The number of hydrogen-bond donors (Lipinski definition) is 3. The van der Waals surface area contributed by atoms with Crippen molar-refractivity contribution < 1.29 is 14.4 Å². The first kappa shape index (κ1) is 28.6. The zero-order valence-electron chi connectivity index (χ0n) is 21.9. The summed E-state index contributed by atoms with van der Waals surface area (Å²) in [5.41, 5.74) is 3.22. The van der Waals surface area contributed by atoms with Gasteiger partial charge in [-0.25, -0.2) is 0 Å². The topological polar surface area (TPSA) is 100 Å². The molecule has 0 saturated heterocycles. The van der Waals surface area contributed by atoms with Gasteiger partial charge in [-0.1, -0.05) is 48.0 Å². The fourth-order valence-corrected chi connectivity index (χ4v) is 4.74. The molecule has 0 aliphatic rings. The van der Waals surface area contributed by atoms with Gasteiger partial charge in [-0.15, -0.1) is 11.8 Å². The summed E-state index contributed by atoms with van der Waals surface area (Å²) < 4.78 is 0. The van der Waals surface area contributed by atoms with Crippen molar-refractivity contribution in [3.8, 4) is 0 Å². The van der Waals surface area contributed by atoms with Crippen LogP contribution in [0.4, 0.5) is 11.4 Å². The van der Waals surface area contributed by atoms with Crippen molar-refractivity contribution >= 4 is 58.5 Å². The maximum absolute atomic E-state index is 13.3. The van der Waals surface area contributed by atoms with Crippen LogP contribution in [0.15, 0.2) is 108 Å². The fourth-order valence-electron chi connectivity index (χ4n) is 3.64. The molecular weight excluding hydrogens is 544 g/mol. The van der Waals surface area contributed by atoms with Gasteiger partial charge < -0.3 is 16.0 Å². The lowest BCUT2D eigenvalue weighted by molar-refractivity contribution is -0.115. The summed E-state index contributed by atoms with van der Waals surface area (Å²) in [7, 11) is 0. The second kappa shape index (κ2) is 13.6. The average molecular weight is 571 g/mol. The maximum Gasteiger partial charge on any atom is 0.272 e. The smallest absolute Gasteiger partial charge is 0.272 e. The van der Waals surface area contributed by atoms with E-state index in [2.05, 4.69) is 20.9 Å². The van der Waals surface area contributed by atoms with Crippen LogP contribution in [0.25, 0.3) is 6.08 Å². The molecule has 0 aliphatic carbocycles. The van der Waals surface area contributed by atoms with Crippen molar-refractivity contribution in [3.63, 3.8) is 0 Å². The summed E-state index contributed by atoms with van der Waals surface area (Å²) >= 11 is 7.43. The molecule has 1 heterocycles. The van der Waals surface area contributed by atoms with E-state index in [0.717, 1.165) is 10.5 Å². The molecule has 0 fully saturated rings. The van der Waals surface area contributed by atoms with E-state index in [1.54, 1.807) is 92.1 Å². The van der Waals surface area contributed by atoms with Crippen molar-refractivity contribution in [3.05, 3.63) is 125 Å². The monoisotopic (exact) mass is 570 g/mol. The van der Waals surface area contributed by atoms with Crippen LogP contribution in [-0.2, 0) is 9.59 Å². The second-order valence-corrected chi connectivity index (χ2v) is 10.7. The lowest BCUT2D eigenvalue weighted by Gasteiger charge is -2.15. The molecule has 1 unspecified atom stereocenters. The van der Waals surface area contributed by atoms with Gasteiger partial charge in [0, 0.05) is 39.3 Å². The van der Waals surface area contributed by atoms with Crippen LogP contribution in [0.1, 0.15) is 28.4 Å². The quantitative estimate of drug-likeness (QED) is 0.156. The Morgan fingerprint density at radius 3 is 2.48 bits per heavy atom. The largest absolute Gasteiger partial charge is 0.325 e. The molecule has 1 atom stereocenters. The molecule has 0 bridgehead atoms. The fraction of sp³-hybridized carbons (Fsp3) is 0.0968. The summed E-state index contributed by atoms with van der Waals surface area (Å²) in [4.78, 5) is 43.8. The first-order valence-corrected chi connectivity index (χ1v) is 13.7. The second-order valence-electron chi connectivity index (χ2n) is 8.86. The number of nitrogens with one attached hydrogen (secondary N) is 3. The third kappa shape index (κ3) is 8.05. The van der Waals surface area contributed by atoms with Gasteiger partial charge in [-0.2, -0.15) is 0 Å². The summed E-state index contributed by atoms with van der Waals surface area (Å²) in [6.45, 7) is 3.70. The van der Waals surface area contributed by atoms with E-state index in [1.165, 1.54) is 11.8 Å². The highest BCUT2D eigenvalue weighted by molar-refractivity contribution is 8.00. The number of carbonyl (C=O) groups is 3. The van der Waals surface area contributed by atoms with E-state index < -0.39 is 17.1 Å². The van der Waals surface area contributed by atoms with Crippen LogP contribution >= 0.6 is 23.4 Å². The van der Waals surface area contributed by atoms with E-state index in [0.29, 0.717) is 27.5 Å². The van der Waals surface area contributed by atoms with Gasteiger partial charge in [-0.3, -0.25) is 19.4 Å². The number of aryl methyl sites for hydroxylation is 1. The highest BCUT2D eigenvalue weighted by Crippen LogP contribution is 2.28. The Morgan fingerprint density at radius 1 is 0.925 bits per heavy atom. The molecule has 40 heavy (non-hydrogen) atoms. The number of thioether (sulfide) groups is 1. The predicted molar refractivity (Wildman–Crippen MR) is 161 cm³/mol. The van der Waals surface area contributed by atoms with Crippen LogP contribution < -0.4 is 16.0 Å². The predicted octanol–water partition coefficient (Wildman–Crippen LogP) is 6.57. The zero-order chi connectivity index (χ0) is 28.5. The molecule has 4 rings (SSSR count). The van der Waals surface area contributed by atoms with Crippen LogP contribution in [0, 0.1) is 6.92 Å². The van der Waals surface area contributed by atoms with Crippen molar-refractivity contribution in [1.29, 1.82) is 0 Å². The van der Waals surface area contributed by atoms with Crippen molar-refractivity contribution in [2.45, 2.75) is 24.0 Å². The molecule has 1 aromatic heterocycles. The number of hydrogen-bond acceptors (Lipinski definition) is 5. The molecule has 0 radical (unpaired) electrons. The van der Waals surface area contributed by atoms with Crippen LogP contribution in [0.3, 0.4) is 0 Å². The molecule has 3 N–H and O–H groups in total. The SMILES string of the molecule is Cc1ccc(Cl)cc1NC(=O)C(C)Sc1cccc(NC(=O)/C(=C/c2cccnc2)NC(=O)c2ccccc2)c1. The van der Waals surface area contributed by atoms with Gasteiger partial charge in [0.15, 0.2) is 0 Å². The first-order valence-electron chi connectivity index (χ1n) is 12.4. The molecule has 7 nitrogen and oxygen atoms in total. The van der Waals surface area contributed by atoms with Gasteiger partial charge in [0.2, 0.25) is 5.91 Å². The van der Waals surface area contributed by atoms with Gasteiger partial charge in [0.1, 0.15) is 5.70 Å². The number of halogens is 1. The zero-order valence-corrected chi connectivity index (χ0v) is 23.4. The molecule has 0 spiro atoms. The van der Waals surface area contributed by atoms with E-state index in [4.69, 9.17) is 11.6 Å². The average Bonchev–Trinajstić information content (AvgIpc) is 2.95. The Labute approximate surface area is 242 Å². The Morgan fingerprint density at radius 2 is 1.73 bits per heavy atom. The van der Waals surface area contributed by atoms with E-state index in [9.17, 15) is 14.4 Å². The van der Waals surface area contributed by atoms with Crippen molar-refractivity contribution in [1.82, 2.24) is 10.3 Å². The summed E-state index contributed by atoms with van der Waals surface area (Å²) in [5, 5.41) is 8.60. The maximum atomic E-state index is 13.3. The number of nitrogens with zero attached hydrogens (tertiary/aromatic N) is 1. The molecule has 9 heteroatoms. The molecule has 4 aromatic rings. The van der Waals surface area contributed by atoms with Gasteiger partial charge in [-0.05, 0) is 79.6 Å². The Balaban J connectivity index is 1.46. The summed E-state index contributed by atoms with van der Waals surface area (Å²) in [5.74, 6) is -1.09. The van der Waals surface area contributed by atoms with Crippen molar-refractivity contribution in [2.24, 2.45) is 0 Å². The number of pyridine rings is 1. The molecule has 3 amide bonds. The van der Waals surface area contributed by atoms with E-state index >= 15 is 0 Å². The molecule has 202 valence electrons. The number of rotatable bonds is 9. The molecule has 3 aromatic carbocycles. The number of amides is 3. The normalized spacial score (nSPS) is 11.8. The molecular formula is C31H27ClN4O3S. The number of carbonyl (C=O) groups excluding carboxylic acids is 3. The minimum absolute atomic E-state index is 0.0598. The lowest BCUT2D eigenvalue weighted by atomic mass is 10.2. The van der Waals surface area contributed by atoms with Crippen LogP contribution in [0.5, 0.6) is 0 Å². The highest BCUT2D eigenvalue weighted by Gasteiger charge is 2.18. The third-order valence-electron chi connectivity index (χ3n) is 5.76. The summed E-state index contributed by atoms with van der Waals surface area (Å²) in [6, 6.07) is 24.7. The Kier molecular flexibility index (Phi) is 9.72. The van der Waals surface area contributed by atoms with E-state index in [-0.39, 0.29) is 11.6 Å². The number of benzene rings is 3. The molecule has 0 aliphatic heterocycles. The minimum Gasteiger partial charge on any atom is -0.325 e. The van der Waals surface area contributed by atoms with Crippen LogP contribution in [0.2, 0.25) is 5.02 Å². The number of anilines is 2. The third-order valence-corrected chi connectivity index (χ3v) is 7.08.